The molecule has 0 unspecified atom stereocenters. The Kier molecular flexibility index (Phi) is 8.48. The number of hydrogen-bond donors (Lipinski definition) is 2. The lowest BCUT2D eigenvalue weighted by Gasteiger charge is -2.30. The summed E-state index contributed by atoms with van der Waals surface area (Å²) in [6, 6.07) is 17.5. The van der Waals surface area contributed by atoms with Gasteiger partial charge >= 0.3 is 0 Å². The van der Waals surface area contributed by atoms with Crippen LogP contribution >= 0.6 is 0 Å². The third-order valence-corrected chi connectivity index (χ3v) is 6.62. The summed E-state index contributed by atoms with van der Waals surface area (Å²) in [5.74, 6) is 1.52. The fourth-order valence-electron chi connectivity index (χ4n) is 4.48. The fourth-order valence-corrected chi connectivity index (χ4v) is 4.48. The molecule has 0 saturated heterocycles. The minimum Gasteiger partial charge on any atom is -0.358 e. The van der Waals surface area contributed by atoms with Crippen LogP contribution in [0.1, 0.15) is 38.6 Å². The first-order chi connectivity index (χ1) is 17.4. The monoisotopic (exact) mass is 488 g/mol. The van der Waals surface area contributed by atoms with Crippen molar-refractivity contribution in [1.29, 1.82) is 0 Å². The zero-order valence-electron chi connectivity index (χ0n) is 21.4. The van der Waals surface area contributed by atoms with Gasteiger partial charge in [0.25, 0.3) is 0 Å². The molecular formula is C28H36N6O2. The molecule has 0 aliphatic carbocycles. The van der Waals surface area contributed by atoms with Crippen molar-refractivity contribution in [3.05, 3.63) is 66.0 Å². The Morgan fingerprint density at radius 3 is 2.61 bits per heavy atom. The lowest BCUT2D eigenvalue weighted by molar-refractivity contribution is -0.131. The van der Waals surface area contributed by atoms with Crippen molar-refractivity contribution < 1.29 is 9.59 Å². The molecule has 2 aromatic carbocycles. The number of para-hydroxylation sites is 1. The van der Waals surface area contributed by atoms with E-state index in [0.717, 1.165) is 17.3 Å². The second kappa shape index (κ2) is 11.9. The highest BCUT2D eigenvalue weighted by molar-refractivity contribution is 5.92. The van der Waals surface area contributed by atoms with E-state index in [-0.39, 0.29) is 17.7 Å². The molecule has 2 heterocycles. The highest BCUT2D eigenvalue weighted by Crippen LogP contribution is 2.23. The minimum atomic E-state index is -0.414. The third kappa shape index (κ3) is 6.37. The van der Waals surface area contributed by atoms with Crippen LogP contribution in [-0.2, 0) is 22.6 Å². The molecule has 1 aliphatic heterocycles. The topological polar surface area (TPSA) is 90.5 Å². The Labute approximate surface area is 213 Å². The Hall–Kier alpha value is -3.52. The van der Waals surface area contributed by atoms with Crippen LogP contribution in [0.15, 0.2) is 54.6 Å². The quantitative estimate of drug-likeness (QED) is 0.505. The van der Waals surface area contributed by atoms with Crippen LogP contribution in [0.3, 0.4) is 0 Å². The summed E-state index contributed by atoms with van der Waals surface area (Å²) in [6.45, 7) is 8.71. The van der Waals surface area contributed by atoms with Crippen molar-refractivity contribution in [2.24, 2.45) is 5.92 Å². The van der Waals surface area contributed by atoms with Crippen LogP contribution in [-0.4, -0.2) is 63.9 Å². The summed E-state index contributed by atoms with van der Waals surface area (Å²) in [7, 11) is 0. The summed E-state index contributed by atoms with van der Waals surface area (Å²) < 4.78 is 0. The van der Waals surface area contributed by atoms with Crippen molar-refractivity contribution in [1.82, 2.24) is 25.1 Å². The molecule has 2 amide bonds. The molecule has 190 valence electrons. The maximum atomic E-state index is 13.1. The van der Waals surface area contributed by atoms with Gasteiger partial charge in [-0.25, -0.2) is 9.97 Å². The maximum absolute atomic E-state index is 13.1. The molecule has 0 fully saturated rings. The second-order valence-corrected chi connectivity index (χ2v) is 9.58. The number of aryl methyl sites for hydroxylation is 1. The van der Waals surface area contributed by atoms with Gasteiger partial charge in [-0.1, -0.05) is 56.3 Å². The van der Waals surface area contributed by atoms with Gasteiger partial charge in [0.2, 0.25) is 11.8 Å². The number of anilines is 1. The Bertz CT molecular complexity index is 1180. The van der Waals surface area contributed by atoms with Crippen molar-refractivity contribution >= 4 is 28.5 Å². The molecule has 0 radical (unpaired) electrons. The summed E-state index contributed by atoms with van der Waals surface area (Å²) in [4.78, 5) is 39.5. The van der Waals surface area contributed by atoms with E-state index in [1.54, 1.807) is 0 Å². The Balaban J connectivity index is 1.49. The van der Waals surface area contributed by atoms with Crippen LogP contribution in [0.2, 0.25) is 0 Å². The molecule has 2 N–H and O–H groups in total. The second-order valence-electron chi connectivity index (χ2n) is 9.58. The minimum absolute atomic E-state index is 0.0626. The number of nitrogens with zero attached hydrogens (tertiary/aromatic N) is 4. The van der Waals surface area contributed by atoms with Crippen LogP contribution in [0, 0.1) is 5.92 Å². The summed E-state index contributed by atoms with van der Waals surface area (Å²) in [5, 5.41) is 7.33. The lowest BCUT2D eigenvalue weighted by Crippen LogP contribution is -2.49. The fraction of sp³-hybridized carbons (Fsp3) is 0.429. The highest BCUT2D eigenvalue weighted by atomic mass is 16.2. The van der Waals surface area contributed by atoms with Crippen LogP contribution < -0.4 is 10.6 Å². The molecule has 0 spiro atoms. The lowest BCUT2D eigenvalue weighted by atomic mass is 10.0. The van der Waals surface area contributed by atoms with E-state index < -0.39 is 6.04 Å². The number of carbonyl (C=O) groups excluding carboxylic acids is 2. The van der Waals surface area contributed by atoms with Crippen molar-refractivity contribution in [2.75, 3.05) is 31.6 Å². The molecular weight excluding hydrogens is 452 g/mol. The number of rotatable bonds is 8. The van der Waals surface area contributed by atoms with E-state index in [0.29, 0.717) is 50.9 Å². The number of nitrogens with one attached hydrogen (secondary N) is 2. The first-order valence-electron chi connectivity index (χ1n) is 12.8. The summed E-state index contributed by atoms with van der Waals surface area (Å²) in [5.41, 5.74) is 2.01. The SMILES string of the molecule is CCN(CCN1CNC(=O)[C@H](C(C)C)Nc2nc(nc3ccccc23)C1)C(=O)CCc1ccccc1. The molecule has 3 aromatic rings. The average Bonchev–Trinajstić information content (AvgIpc) is 2.89. The molecule has 0 saturated carbocycles. The normalized spacial score (nSPS) is 16.4. The predicted molar refractivity (Wildman–Crippen MR) is 142 cm³/mol. The van der Waals surface area contributed by atoms with E-state index >= 15 is 0 Å². The van der Waals surface area contributed by atoms with Gasteiger partial charge in [-0.05, 0) is 37.0 Å². The molecule has 8 heteroatoms. The standard InChI is InChI=1S/C28H36N6O2/c1-4-34(25(35)15-14-21-10-6-5-7-11-21)17-16-33-18-24-30-23-13-9-8-12-22(23)27(31-24)32-26(20(2)3)28(36)29-19-33/h5-13,20,26H,4,14-19H2,1-3H3,(H,29,36)(H,30,31,32)/t26-/m0/s1. The van der Waals surface area contributed by atoms with E-state index in [9.17, 15) is 9.59 Å². The Morgan fingerprint density at radius 2 is 1.86 bits per heavy atom. The van der Waals surface area contributed by atoms with Crippen molar-refractivity contribution in [3.63, 3.8) is 0 Å². The number of likely N-dealkylation sites (N-methyl/N-ethyl adjacent to an activating group) is 1. The smallest absolute Gasteiger partial charge is 0.243 e. The number of amides is 2. The van der Waals surface area contributed by atoms with Crippen molar-refractivity contribution in [2.45, 2.75) is 46.2 Å². The van der Waals surface area contributed by atoms with Gasteiger partial charge in [0.15, 0.2) is 0 Å². The molecule has 4 rings (SSSR count). The zero-order valence-corrected chi connectivity index (χ0v) is 21.4. The third-order valence-electron chi connectivity index (χ3n) is 6.62. The van der Waals surface area contributed by atoms with Crippen LogP contribution in [0.25, 0.3) is 10.9 Å². The number of benzene rings is 2. The van der Waals surface area contributed by atoms with Crippen LogP contribution in [0.5, 0.6) is 0 Å². The Morgan fingerprint density at radius 1 is 1.11 bits per heavy atom. The summed E-state index contributed by atoms with van der Waals surface area (Å²) >= 11 is 0. The van der Waals surface area contributed by atoms with E-state index in [1.807, 2.05) is 68.1 Å². The maximum Gasteiger partial charge on any atom is 0.243 e. The summed E-state index contributed by atoms with van der Waals surface area (Å²) in [6.07, 6.45) is 1.21. The first kappa shape index (κ1) is 25.6. The van der Waals surface area contributed by atoms with Gasteiger partial charge in [-0.3, -0.25) is 14.5 Å². The van der Waals surface area contributed by atoms with Crippen molar-refractivity contribution in [3.8, 4) is 0 Å². The van der Waals surface area contributed by atoms with Gasteiger partial charge in [0.05, 0.1) is 18.7 Å². The van der Waals surface area contributed by atoms with Gasteiger partial charge < -0.3 is 15.5 Å². The van der Waals surface area contributed by atoms with E-state index in [1.165, 1.54) is 5.56 Å². The highest BCUT2D eigenvalue weighted by Gasteiger charge is 2.26. The number of aromatic nitrogens is 2. The number of fused-ring (bicyclic) bond motifs is 4. The number of carbonyl (C=O) groups is 2. The first-order valence-corrected chi connectivity index (χ1v) is 12.8. The van der Waals surface area contributed by atoms with Crippen LogP contribution in [0.4, 0.5) is 5.82 Å². The molecule has 1 aromatic heterocycles. The van der Waals surface area contributed by atoms with E-state index in [4.69, 9.17) is 9.97 Å². The number of hydrogen-bond acceptors (Lipinski definition) is 6. The largest absolute Gasteiger partial charge is 0.358 e. The molecule has 2 bridgehead atoms. The average molecular weight is 489 g/mol. The van der Waals surface area contributed by atoms with Gasteiger partial charge in [0, 0.05) is 31.4 Å². The molecule has 36 heavy (non-hydrogen) atoms. The molecule has 1 atom stereocenters. The molecule has 8 nitrogen and oxygen atoms in total. The van der Waals surface area contributed by atoms with Gasteiger partial charge in [0.1, 0.15) is 17.7 Å². The zero-order chi connectivity index (χ0) is 25.5. The predicted octanol–water partition coefficient (Wildman–Crippen LogP) is 3.44. The van der Waals surface area contributed by atoms with Gasteiger partial charge in [-0.2, -0.15) is 0 Å². The van der Waals surface area contributed by atoms with E-state index in [2.05, 4.69) is 27.7 Å². The molecule has 1 aliphatic rings. The van der Waals surface area contributed by atoms with Gasteiger partial charge in [-0.15, -0.1) is 0 Å².